The van der Waals surface area contributed by atoms with Crippen molar-refractivity contribution in [2.45, 2.75) is 13.0 Å². The zero-order chi connectivity index (χ0) is 17.9. The Bertz CT molecular complexity index is 715. The van der Waals surface area contributed by atoms with Crippen molar-refractivity contribution in [3.8, 4) is 0 Å². The second-order valence-electron chi connectivity index (χ2n) is 5.52. The van der Waals surface area contributed by atoms with Gasteiger partial charge in [0, 0.05) is 25.7 Å². The van der Waals surface area contributed by atoms with Gasteiger partial charge in [0.2, 0.25) is 10.0 Å². The van der Waals surface area contributed by atoms with Crippen molar-refractivity contribution in [3.63, 3.8) is 0 Å². The van der Waals surface area contributed by atoms with E-state index in [1.165, 1.54) is 11.0 Å². The molecule has 1 N–H and O–H groups in total. The van der Waals surface area contributed by atoms with Gasteiger partial charge in [0.1, 0.15) is 12.3 Å². The van der Waals surface area contributed by atoms with E-state index in [2.05, 4.69) is 5.16 Å². The van der Waals surface area contributed by atoms with Crippen LogP contribution in [0.3, 0.4) is 0 Å². The number of aromatic nitrogens is 1. The molecule has 1 aromatic heterocycles. The number of amides is 1. The van der Waals surface area contributed by atoms with Gasteiger partial charge in [0.25, 0.3) is 5.91 Å². The lowest BCUT2D eigenvalue weighted by Crippen LogP contribution is -2.51. The average molecular weight is 361 g/mol. The number of nitrogens with zero attached hydrogens (tertiary/aromatic N) is 3. The van der Waals surface area contributed by atoms with Crippen LogP contribution in [0, 0.1) is 6.92 Å². The van der Waals surface area contributed by atoms with E-state index < -0.39 is 28.6 Å². The number of aliphatic carboxylic acids is 1. The van der Waals surface area contributed by atoms with Crippen LogP contribution in [-0.2, 0) is 19.6 Å². The van der Waals surface area contributed by atoms with E-state index in [0.29, 0.717) is 12.3 Å². The Morgan fingerprint density at radius 2 is 2.21 bits per heavy atom. The lowest BCUT2D eigenvalue weighted by Gasteiger charge is -2.34. The first-order valence-corrected chi connectivity index (χ1v) is 9.02. The van der Waals surface area contributed by atoms with Gasteiger partial charge in [-0.05, 0) is 6.92 Å². The molecule has 2 heterocycles. The average Bonchev–Trinajstić information content (AvgIpc) is 2.91. The van der Waals surface area contributed by atoms with Crippen LogP contribution in [0.15, 0.2) is 10.6 Å². The summed E-state index contributed by atoms with van der Waals surface area (Å²) in [5, 5.41) is 12.5. The Labute approximate surface area is 139 Å². The van der Waals surface area contributed by atoms with Crippen molar-refractivity contribution >= 4 is 21.9 Å². The van der Waals surface area contributed by atoms with Crippen LogP contribution in [-0.4, -0.2) is 84.9 Å². The number of hydrogen-bond donors (Lipinski definition) is 1. The molecule has 134 valence electrons. The lowest BCUT2D eigenvalue weighted by atomic mass is 10.2. The molecule has 0 spiro atoms. The number of carbonyl (C=O) groups excluding carboxylic acids is 1. The maximum Gasteiger partial charge on any atom is 0.318 e. The number of hydrogen-bond acceptors (Lipinski definition) is 7. The van der Waals surface area contributed by atoms with Crippen molar-refractivity contribution in [1.29, 1.82) is 0 Å². The van der Waals surface area contributed by atoms with Crippen LogP contribution < -0.4 is 0 Å². The molecule has 1 aliphatic heterocycles. The standard InChI is InChI=1S/C13H19N3O7S/c1-9-5-11(14-23-9)13(19)15-3-4-22-10(6-15)7-16(8-12(17)18)24(2,20)21/h5,10H,3-4,6-8H2,1-2H3,(H,17,18)/t10-/m0/s1. The zero-order valence-electron chi connectivity index (χ0n) is 13.3. The molecule has 24 heavy (non-hydrogen) atoms. The Balaban J connectivity index is 2.04. The molecule has 1 aromatic rings. The smallest absolute Gasteiger partial charge is 0.318 e. The summed E-state index contributed by atoms with van der Waals surface area (Å²) in [5.74, 6) is -1.10. The fraction of sp³-hybridized carbons (Fsp3) is 0.615. The monoisotopic (exact) mass is 361 g/mol. The van der Waals surface area contributed by atoms with Gasteiger partial charge in [-0.1, -0.05) is 5.16 Å². The number of aryl methyl sites for hydroxylation is 1. The van der Waals surface area contributed by atoms with E-state index in [4.69, 9.17) is 14.4 Å². The minimum absolute atomic E-state index is 0.135. The summed E-state index contributed by atoms with van der Waals surface area (Å²) < 4.78 is 34.5. The van der Waals surface area contributed by atoms with Gasteiger partial charge in [-0.2, -0.15) is 4.31 Å². The van der Waals surface area contributed by atoms with E-state index in [9.17, 15) is 18.0 Å². The molecule has 0 aliphatic carbocycles. The third kappa shape index (κ3) is 4.76. The molecular weight excluding hydrogens is 342 g/mol. The van der Waals surface area contributed by atoms with Gasteiger partial charge >= 0.3 is 5.97 Å². The molecule has 1 atom stereocenters. The van der Waals surface area contributed by atoms with E-state index in [-0.39, 0.29) is 31.3 Å². The summed E-state index contributed by atoms with van der Waals surface area (Å²) in [5.41, 5.74) is 0.165. The topological polar surface area (TPSA) is 130 Å². The van der Waals surface area contributed by atoms with Gasteiger partial charge in [0.15, 0.2) is 5.69 Å². The molecular formula is C13H19N3O7S. The number of carboxylic acid groups (broad SMARTS) is 1. The highest BCUT2D eigenvalue weighted by atomic mass is 32.2. The highest BCUT2D eigenvalue weighted by Crippen LogP contribution is 2.13. The van der Waals surface area contributed by atoms with Crippen molar-refractivity contribution in [2.24, 2.45) is 0 Å². The zero-order valence-corrected chi connectivity index (χ0v) is 14.2. The van der Waals surface area contributed by atoms with Crippen molar-refractivity contribution in [2.75, 3.05) is 39.0 Å². The fourth-order valence-electron chi connectivity index (χ4n) is 2.34. The number of rotatable bonds is 6. The number of morpholine rings is 1. The molecule has 11 heteroatoms. The first kappa shape index (κ1) is 18.4. The molecule has 1 amide bonds. The third-order valence-corrected chi connectivity index (χ3v) is 4.68. The largest absolute Gasteiger partial charge is 0.480 e. The van der Waals surface area contributed by atoms with Gasteiger partial charge in [-0.25, -0.2) is 8.42 Å². The maximum atomic E-state index is 12.3. The molecule has 0 aromatic carbocycles. The van der Waals surface area contributed by atoms with Crippen LogP contribution >= 0.6 is 0 Å². The molecule has 2 rings (SSSR count). The number of sulfonamides is 1. The Morgan fingerprint density at radius 1 is 1.50 bits per heavy atom. The van der Waals surface area contributed by atoms with E-state index in [0.717, 1.165) is 10.6 Å². The Kier molecular flexibility index (Phi) is 5.57. The molecule has 1 aliphatic rings. The highest BCUT2D eigenvalue weighted by molar-refractivity contribution is 7.88. The van der Waals surface area contributed by atoms with E-state index in [1.807, 2.05) is 0 Å². The second-order valence-corrected chi connectivity index (χ2v) is 7.50. The minimum atomic E-state index is -3.70. The summed E-state index contributed by atoms with van der Waals surface area (Å²) >= 11 is 0. The molecule has 0 bridgehead atoms. The van der Waals surface area contributed by atoms with Crippen LogP contribution in [0.25, 0.3) is 0 Å². The summed E-state index contributed by atoms with van der Waals surface area (Å²) in [7, 11) is -3.70. The fourth-order valence-corrected chi connectivity index (χ4v) is 3.12. The Hall–Kier alpha value is -1.98. The van der Waals surface area contributed by atoms with Crippen molar-refractivity contribution in [1.82, 2.24) is 14.4 Å². The maximum absolute atomic E-state index is 12.3. The second kappa shape index (κ2) is 7.28. The molecule has 0 saturated carbocycles. The summed E-state index contributed by atoms with van der Waals surface area (Å²) in [6.45, 7) is 1.55. The summed E-state index contributed by atoms with van der Waals surface area (Å²) in [6.07, 6.45) is 0.310. The first-order chi connectivity index (χ1) is 11.2. The number of carbonyl (C=O) groups is 2. The molecule has 1 saturated heterocycles. The molecule has 1 fully saturated rings. The van der Waals surface area contributed by atoms with Crippen molar-refractivity contribution in [3.05, 3.63) is 17.5 Å². The summed E-state index contributed by atoms with van der Waals surface area (Å²) in [4.78, 5) is 24.6. The van der Waals surface area contributed by atoms with Gasteiger partial charge in [-0.3, -0.25) is 9.59 Å². The van der Waals surface area contributed by atoms with Crippen LogP contribution in [0.1, 0.15) is 16.2 Å². The van der Waals surface area contributed by atoms with Crippen LogP contribution in [0.4, 0.5) is 0 Å². The van der Waals surface area contributed by atoms with Gasteiger partial charge < -0.3 is 19.3 Å². The first-order valence-electron chi connectivity index (χ1n) is 7.18. The van der Waals surface area contributed by atoms with Crippen LogP contribution in [0.5, 0.6) is 0 Å². The molecule has 0 unspecified atom stereocenters. The Morgan fingerprint density at radius 3 is 2.75 bits per heavy atom. The van der Waals surface area contributed by atoms with Crippen LogP contribution in [0.2, 0.25) is 0 Å². The highest BCUT2D eigenvalue weighted by Gasteiger charge is 2.30. The number of ether oxygens (including phenoxy) is 1. The third-order valence-electron chi connectivity index (χ3n) is 3.46. The molecule has 0 radical (unpaired) electrons. The predicted octanol–water partition coefficient (Wildman–Crippen LogP) is -0.830. The minimum Gasteiger partial charge on any atom is -0.480 e. The van der Waals surface area contributed by atoms with E-state index >= 15 is 0 Å². The summed E-state index contributed by atoms with van der Waals surface area (Å²) in [6, 6.07) is 1.51. The molecule has 10 nitrogen and oxygen atoms in total. The normalized spacial score (nSPS) is 18.8. The van der Waals surface area contributed by atoms with Gasteiger partial charge in [-0.15, -0.1) is 0 Å². The van der Waals surface area contributed by atoms with Crippen molar-refractivity contribution < 1.29 is 32.4 Å². The predicted molar refractivity (Wildman–Crippen MR) is 80.9 cm³/mol. The SMILES string of the molecule is Cc1cc(C(=O)N2CCO[C@H](CN(CC(=O)O)S(C)(=O)=O)C2)no1. The van der Waals surface area contributed by atoms with Gasteiger partial charge in [0.05, 0.1) is 19.0 Å². The lowest BCUT2D eigenvalue weighted by molar-refractivity contribution is -0.137. The number of carboxylic acids is 1. The quantitative estimate of drug-likeness (QED) is 0.695. The van der Waals surface area contributed by atoms with E-state index in [1.54, 1.807) is 6.92 Å².